The summed E-state index contributed by atoms with van der Waals surface area (Å²) in [6.07, 6.45) is 0. The second kappa shape index (κ2) is 6.63. The van der Waals surface area contributed by atoms with Gasteiger partial charge in [0, 0.05) is 10.9 Å². The Hall–Kier alpha value is -2.01. The van der Waals surface area contributed by atoms with Crippen molar-refractivity contribution in [2.75, 3.05) is 14.2 Å². The molecule has 0 saturated carbocycles. The molecule has 4 nitrogen and oxygen atoms in total. The van der Waals surface area contributed by atoms with Crippen LogP contribution in [0.15, 0.2) is 30.3 Å². The van der Waals surface area contributed by atoms with Crippen molar-refractivity contribution in [3.63, 3.8) is 0 Å². The van der Waals surface area contributed by atoms with Crippen LogP contribution in [0.25, 0.3) is 10.4 Å². The Morgan fingerprint density at radius 3 is 2.43 bits per heavy atom. The van der Waals surface area contributed by atoms with E-state index in [4.69, 9.17) is 9.47 Å². The molecule has 0 bridgehead atoms. The summed E-state index contributed by atoms with van der Waals surface area (Å²) < 4.78 is 10.5. The second-order valence-electron chi connectivity index (χ2n) is 4.86. The predicted octanol–water partition coefficient (Wildman–Crippen LogP) is 3.57. The standard InChI is InChI=1S/C16H19NO3S/c1-10(2)17-16(18)15-8-7-14(21-15)11-5-6-12(19-3)13(9-11)20-4/h5-10H,1-4H3,(H,17,18). The van der Waals surface area contributed by atoms with Gasteiger partial charge in [-0.15, -0.1) is 11.3 Å². The summed E-state index contributed by atoms with van der Waals surface area (Å²) in [5.41, 5.74) is 1.00. The van der Waals surface area contributed by atoms with Crippen LogP contribution in [0, 0.1) is 0 Å². The Morgan fingerprint density at radius 2 is 1.81 bits per heavy atom. The summed E-state index contributed by atoms with van der Waals surface area (Å²) in [7, 11) is 3.22. The minimum Gasteiger partial charge on any atom is -0.493 e. The lowest BCUT2D eigenvalue weighted by Crippen LogP contribution is -2.29. The molecule has 0 radical (unpaired) electrons. The smallest absolute Gasteiger partial charge is 0.261 e. The first-order chi connectivity index (χ1) is 10.0. The Kier molecular flexibility index (Phi) is 4.85. The number of nitrogens with one attached hydrogen (secondary N) is 1. The van der Waals surface area contributed by atoms with Gasteiger partial charge in [-0.25, -0.2) is 0 Å². The maximum atomic E-state index is 12.0. The molecule has 112 valence electrons. The van der Waals surface area contributed by atoms with E-state index in [0.29, 0.717) is 16.4 Å². The summed E-state index contributed by atoms with van der Waals surface area (Å²) in [5.74, 6) is 1.33. The predicted molar refractivity (Wildman–Crippen MR) is 85.5 cm³/mol. The van der Waals surface area contributed by atoms with E-state index in [1.165, 1.54) is 11.3 Å². The average molecular weight is 305 g/mol. The average Bonchev–Trinajstić information content (AvgIpc) is 2.95. The van der Waals surface area contributed by atoms with Crippen molar-refractivity contribution in [3.8, 4) is 21.9 Å². The van der Waals surface area contributed by atoms with Gasteiger partial charge >= 0.3 is 0 Å². The maximum absolute atomic E-state index is 12.0. The molecule has 1 aromatic carbocycles. The van der Waals surface area contributed by atoms with Gasteiger partial charge in [-0.2, -0.15) is 0 Å². The van der Waals surface area contributed by atoms with Crippen molar-refractivity contribution in [3.05, 3.63) is 35.2 Å². The largest absolute Gasteiger partial charge is 0.493 e. The summed E-state index contributed by atoms with van der Waals surface area (Å²) >= 11 is 1.46. The normalized spacial score (nSPS) is 10.5. The van der Waals surface area contributed by atoms with E-state index in [9.17, 15) is 4.79 Å². The zero-order valence-electron chi connectivity index (χ0n) is 12.6. The van der Waals surface area contributed by atoms with E-state index in [1.54, 1.807) is 14.2 Å². The van der Waals surface area contributed by atoms with Gasteiger partial charge in [0.1, 0.15) is 0 Å². The number of rotatable bonds is 5. The summed E-state index contributed by atoms with van der Waals surface area (Å²) in [5, 5.41) is 2.89. The van der Waals surface area contributed by atoms with Gasteiger partial charge < -0.3 is 14.8 Å². The molecular formula is C16H19NO3S. The third-order valence-corrected chi connectivity index (χ3v) is 4.05. The molecule has 1 N–H and O–H groups in total. The van der Waals surface area contributed by atoms with Crippen LogP contribution in [-0.4, -0.2) is 26.2 Å². The molecule has 0 aliphatic rings. The molecule has 0 unspecified atom stereocenters. The molecule has 2 aromatic rings. The maximum Gasteiger partial charge on any atom is 0.261 e. The van der Waals surface area contributed by atoms with E-state index in [0.717, 1.165) is 10.4 Å². The quantitative estimate of drug-likeness (QED) is 0.918. The van der Waals surface area contributed by atoms with Crippen LogP contribution in [0.2, 0.25) is 0 Å². The highest BCUT2D eigenvalue weighted by Gasteiger charge is 2.12. The minimum atomic E-state index is -0.0401. The van der Waals surface area contributed by atoms with Gasteiger partial charge in [0.15, 0.2) is 11.5 Å². The van der Waals surface area contributed by atoms with Gasteiger partial charge in [0.2, 0.25) is 0 Å². The summed E-state index contributed by atoms with van der Waals surface area (Å²) in [4.78, 5) is 13.7. The van der Waals surface area contributed by atoms with Crippen molar-refractivity contribution in [2.45, 2.75) is 19.9 Å². The molecular weight excluding hydrogens is 286 g/mol. The number of ether oxygens (including phenoxy) is 2. The topological polar surface area (TPSA) is 47.6 Å². The Balaban J connectivity index is 2.27. The molecule has 5 heteroatoms. The first kappa shape index (κ1) is 15.4. The highest BCUT2D eigenvalue weighted by Crippen LogP contribution is 2.35. The number of carbonyl (C=O) groups is 1. The van der Waals surface area contributed by atoms with Crippen molar-refractivity contribution in [2.24, 2.45) is 0 Å². The Morgan fingerprint density at radius 1 is 1.10 bits per heavy atom. The lowest BCUT2D eigenvalue weighted by atomic mass is 10.1. The van der Waals surface area contributed by atoms with Crippen LogP contribution >= 0.6 is 11.3 Å². The molecule has 0 fully saturated rings. The summed E-state index contributed by atoms with van der Waals surface area (Å²) in [6, 6.07) is 9.65. The van der Waals surface area contributed by atoms with E-state index in [1.807, 2.05) is 44.2 Å². The Labute approximate surface area is 128 Å². The number of benzene rings is 1. The zero-order valence-corrected chi connectivity index (χ0v) is 13.4. The monoisotopic (exact) mass is 305 g/mol. The van der Waals surface area contributed by atoms with Crippen LogP contribution in [0.4, 0.5) is 0 Å². The van der Waals surface area contributed by atoms with Crippen LogP contribution in [-0.2, 0) is 0 Å². The molecule has 2 rings (SSSR count). The Bertz CT molecular complexity index is 634. The fourth-order valence-electron chi connectivity index (χ4n) is 1.94. The molecule has 0 saturated heterocycles. The molecule has 21 heavy (non-hydrogen) atoms. The van der Waals surface area contributed by atoms with Crippen molar-refractivity contribution >= 4 is 17.2 Å². The van der Waals surface area contributed by atoms with E-state index >= 15 is 0 Å². The minimum absolute atomic E-state index is 0.0401. The molecule has 1 heterocycles. The summed E-state index contributed by atoms with van der Waals surface area (Å²) in [6.45, 7) is 3.89. The fraction of sp³-hybridized carbons (Fsp3) is 0.312. The van der Waals surface area contributed by atoms with E-state index < -0.39 is 0 Å². The molecule has 0 spiro atoms. The first-order valence-electron chi connectivity index (χ1n) is 6.68. The highest BCUT2D eigenvalue weighted by molar-refractivity contribution is 7.17. The van der Waals surface area contributed by atoms with Gasteiger partial charge in [-0.05, 0) is 49.7 Å². The lowest BCUT2D eigenvalue weighted by Gasteiger charge is -2.08. The lowest BCUT2D eigenvalue weighted by molar-refractivity contribution is 0.0947. The number of thiophene rings is 1. The van der Waals surface area contributed by atoms with Crippen LogP contribution < -0.4 is 14.8 Å². The number of amides is 1. The van der Waals surface area contributed by atoms with Crippen molar-refractivity contribution < 1.29 is 14.3 Å². The van der Waals surface area contributed by atoms with Crippen LogP contribution in [0.5, 0.6) is 11.5 Å². The van der Waals surface area contributed by atoms with Gasteiger partial charge in [-0.3, -0.25) is 4.79 Å². The van der Waals surface area contributed by atoms with Gasteiger partial charge in [0.25, 0.3) is 5.91 Å². The van der Waals surface area contributed by atoms with Crippen molar-refractivity contribution in [1.82, 2.24) is 5.32 Å². The van der Waals surface area contributed by atoms with Crippen LogP contribution in [0.1, 0.15) is 23.5 Å². The number of hydrogen-bond acceptors (Lipinski definition) is 4. The molecule has 0 aliphatic heterocycles. The van der Waals surface area contributed by atoms with E-state index in [-0.39, 0.29) is 11.9 Å². The first-order valence-corrected chi connectivity index (χ1v) is 7.50. The van der Waals surface area contributed by atoms with E-state index in [2.05, 4.69) is 5.32 Å². The SMILES string of the molecule is COc1ccc(-c2ccc(C(=O)NC(C)C)s2)cc1OC. The molecule has 0 aliphatic carbocycles. The van der Waals surface area contributed by atoms with Crippen LogP contribution in [0.3, 0.4) is 0 Å². The van der Waals surface area contributed by atoms with Gasteiger partial charge in [-0.1, -0.05) is 0 Å². The third-order valence-electron chi connectivity index (χ3n) is 2.92. The molecule has 1 amide bonds. The highest BCUT2D eigenvalue weighted by atomic mass is 32.1. The zero-order chi connectivity index (χ0) is 15.4. The van der Waals surface area contributed by atoms with Gasteiger partial charge in [0.05, 0.1) is 19.1 Å². The van der Waals surface area contributed by atoms with Crippen molar-refractivity contribution in [1.29, 1.82) is 0 Å². The number of hydrogen-bond donors (Lipinski definition) is 1. The number of methoxy groups -OCH3 is 2. The number of carbonyl (C=O) groups excluding carboxylic acids is 1. The fourth-order valence-corrected chi connectivity index (χ4v) is 2.84. The third kappa shape index (κ3) is 3.55. The second-order valence-corrected chi connectivity index (χ2v) is 5.95. The molecule has 0 atom stereocenters. The molecule has 1 aromatic heterocycles.